The molecule has 1 aromatic rings. The van der Waals surface area contributed by atoms with Crippen molar-refractivity contribution in [2.45, 2.75) is 65.4 Å². The summed E-state index contributed by atoms with van der Waals surface area (Å²) < 4.78 is 5.69. The minimum absolute atomic E-state index is 0.751. The van der Waals surface area contributed by atoms with E-state index in [0.717, 1.165) is 19.1 Å². The molecular weight excluding hydrogens is 256 g/mol. The third-order valence-electron chi connectivity index (χ3n) is 3.55. The highest BCUT2D eigenvalue weighted by molar-refractivity contribution is 5.13. The van der Waals surface area contributed by atoms with Gasteiger partial charge in [-0.1, -0.05) is 75.6 Å². The second-order valence-electron chi connectivity index (χ2n) is 6.20. The average Bonchev–Trinajstić information content (AvgIpc) is 2.49. The van der Waals surface area contributed by atoms with Crippen LogP contribution >= 0.6 is 0 Å². The second kappa shape index (κ2) is 12.6. The summed E-state index contributed by atoms with van der Waals surface area (Å²) in [6.07, 6.45) is 13.7. The van der Waals surface area contributed by atoms with Crippen LogP contribution in [0.3, 0.4) is 0 Å². The summed E-state index contributed by atoms with van der Waals surface area (Å²) in [5, 5.41) is 0. The maximum atomic E-state index is 5.69. The molecule has 0 fully saturated rings. The van der Waals surface area contributed by atoms with E-state index >= 15 is 0 Å². The summed E-state index contributed by atoms with van der Waals surface area (Å²) in [6.45, 7) is 6.18. The molecule has 0 heterocycles. The van der Waals surface area contributed by atoms with E-state index < -0.39 is 0 Å². The first-order valence-corrected chi connectivity index (χ1v) is 8.55. The average molecular weight is 288 g/mol. The number of ether oxygens (including phenoxy) is 1. The van der Waals surface area contributed by atoms with Crippen LogP contribution in [-0.2, 0) is 11.3 Å². The lowest BCUT2D eigenvalue weighted by atomic mass is 10.1. The van der Waals surface area contributed by atoms with E-state index in [2.05, 4.69) is 50.3 Å². The van der Waals surface area contributed by atoms with E-state index in [0.29, 0.717) is 0 Å². The maximum Gasteiger partial charge on any atom is 0.0716 e. The molecule has 0 saturated heterocycles. The zero-order valence-electron chi connectivity index (χ0n) is 13.9. The number of rotatable bonds is 12. The second-order valence-corrected chi connectivity index (χ2v) is 6.20. The van der Waals surface area contributed by atoms with Gasteiger partial charge in [0.05, 0.1) is 6.61 Å². The van der Waals surface area contributed by atoms with E-state index in [1.807, 2.05) is 6.07 Å². The maximum absolute atomic E-state index is 5.69. The molecule has 0 aliphatic heterocycles. The van der Waals surface area contributed by atoms with Crippen LogP contribution in [0.5, 0.6) is 0 Å². The summed E-state index contributed by atoms with van der Waals surface area (Å²) in [5.74, 6) is 0.789. The first kappa shape index (κ1) is 18.0. The molecule has 0 bridgehead atoms. The lowest BCUT2D eigenvalue weighted by Crippen LogP contribution is -1.95. The van der Waals surface area contributed by atoms with Crippen LogP contribution in [0.4, 0.5) is 0 Å². The van der Waals surface area contributed by atoms with Crippen LogP contribution in [0.2, 0.25) is 0 Å². The third kappa shape index (κ3) is 11.3. The van der Waals surface area contributed by atoms with Crippen molar-refractivity contribution in [2.75, 3.05) is 6.61 Å². The summed E-state index contributed by atoms with van der Waals surface area (Å²) in [4.78, 5) is 0. The van der Waals surface area contributed by atoms with Gasteiger partial charge in [0.25, 0.3) is 0 Å². The van der Waals surface area contributed by atoms with Crippen molar-refractivity contribution in [3.8, 4) is 0 Å². The standard InChI is InChI=1S/C20H32O/c1-19(2)14-10-7-5-3-4-6-8-13-17-21-18-20-15-11-9-12-16-20/h7,9-12,15-16,19H,3-6,8,13-14,17-18H2,1-2H3/b10-7+. The fraction of sp³-hybridized carbons (Fsp3) is 0.600. The van der Waals surface area contributed by atoms with Gasteiger partial charge < -0.3 is 4.74 Å². The van der Waals surface area contributed by atoms with Gasteiger partial charge in [0, 0.05) is 6.61 Å². The van der Waals surface area contributed by atoms with E-state index in [4.69, 9.17) is 4.74 Å². The lowest BCUT2D eigenvalue weighted by Gasteiger charge is -2.04. The molecule has 0 aliphatic rings. The molecule has 0 spiro atoms. The predicted molar refractivity (Wildman–Crippen MR) is 92.4 cm³/mol. The van der Waals surface area contributed by atoms with Gasteiger partial charge in [-0.2, -0.15) is 0 Å². The quantitative estimate of drug-likeness (QED) is 0.331. The topological polar surface area (TPSA) is 9.23 Å². The molecule has 1 heteroatoms. The molecule has 0 aromatic heterocycles. The Labute approximate surface area is 131 Å². The van der Waals surface area contributed by atoms with Crippen molar-refractivity contribution >= 4 is 0 Å². The van der Waals surface area contributed by atoms with Gasteiger partial charge >= 0.3 is 0 Å². The van der Waals surface area contributed by atoms with E-state index in [1.54, 1.807) is 0 Å². The monoisotopic (exact) mass is 288 g/mol. The molecule has 0 N–H and O–H groups in total. The van der Waals surface area contributed by atoms with Gasteiger partial charge in [-0.25, -0.2) is 0 Å². The van der Waals surface area contributed by atoms with Gasteiger partial charge in [-0.15, -0.1) is 0 Å². The number of hydrogen-bond donors (Lipinski definition) is 0. The fourth-order valence-corrected chi connectivity index (χ4v) is 2.25. The molecule has 0 saturated carbocycles. The summed E-state index contributed by atoms with van der Waals surface area (Å²) in [7, 11) is 0. The Hall–Kier alpha value is -1.08. The van der Waals surface area contributed by atoms with Gasteiger partial charge in [-0.05, 0) is 37.2 Å². The van der Waals surface area contributed by atoms with Crippen LogP contribution < -0.4 is 0 Å². The first-order chi connectivity index (χ1) is 10.3. The molecule has 1 nitrogen and oxygen atoms in total. The van der Waals surface area contributed by atoms with Crippen LogP contribution in [0.25, 0.3) is 0 Å². The zero-order valence-corrected chi connectivity index (χ0v) is 13.9. The van der Waals surface area contributed by atoms with E-state index in [9.17, 15) is 0 Å². The van der Waals surface area contributed by atoms with Crippen LogP contribution in [0, 0.1) is 5.92 Å². The molecule has 21 heavy (non-hydrogen) atoms. The number of hydrogen-bond acceptors (Lipinski definition) is 1. The molecule has 118 valence electrons. The lowest BCUT2D eigenvalue weighted by molar-refractivity contribution is 0.116. The molecule has 0 amide bonds. The normalized spacial score (nSPS) is 11.6. The summed E-state index contributed by atoms with van der Waals surface area (Å²) >= 11 is 0. The molecule has 1 aromatic carbocycles. The van der Waals surface area contributed by atoms with Crippen molar-refractivity contribution in [1.29, 1.82) is 0 Å². The van der Waals surface area contributed by atoms with Crippen LogP contribution in [0.15, 0.2) is 42.5 Å². The van der Waals surface area contributed by atoms with Crippen LogP contribution in [-0.4, -0.2) is 6.61 Å². The van der Waals surface area contributed by atoms with Crippen molar-refractivity contribution in [3.05, 3.63) is 48.0 Å². The zero-order chi connectivity index (χ0) is 15.2. The van der Waals surface area contributed by atoms with Crippen molar-refractivity contribution in [3.63, 3.8) is 0 Å². The first-order valence-electron chi connectivity index (χ1n) is 8.55. The number of allylic oxidation sites excluding steroid dienone is 2. The Morgan fingerprint density at radius 1 is 0.905 bits per heavy atom. The predicted octanol–water partition coefficient (Wildman–Crippen LogP) is 6.15. The molecular formula is C20H32O. The van der Waals surface area contributed by atoms with Crippen LogP contribution in [0.1, 0.15) is 64.4 Å². The Morgan fingerprint density at radius 2 is 1.62 bits per heavy atom. The largest absolute Gasteiger partial charge is 0.377 e. The Bertz CT molecular complexity index is 353. The van der Waals surface area contributed by atoms with Crippen molar-refractivity contribution in [1.82, 2.24) is 0 Å². The van der Waals surface area contributed by atoms with Gasteiger partial charge in [0.1, 0.15) is 0 Å². The minimum atomic E-state index is 0.751. The van der Waals surface area contributed by atoms with Crippen molar-refractivity contribution < 1.29 is 4.74 Å². The van der Waals surface area contributed by atoms with Gasteiger partial charge in [-0.3, -0.25) is 0 Å². The van der Waals surface area contributed by atoms with Gasteiger partial charge in [0.2, 0.25) is 0 Å². The Balaban J connectivity index is 1.82. The highest BCUT2D eigenvalue weighted by Crippen LogP contribution is 2.08. The molecule has 0 atom stereocenters. The molecule has 1 rings (SSSR count). The van der Waals surface area contributed by atoms with Gasteiger partial charge in [0.15, 0.2) is 0 Å². The smallest absolute Gasteiger partial charge is 0.0716 e. The van der Waals surface area contributed by atoms with Crippen molar-refractivity contribution in [2.24, 2.45) is 5.92 Å². The number of unbranched alkanes of at least 4 members (excludes halogenated alkanes) is 5. The van der Waals surface area contributed by atoms with E-state index in [-0.39, 0.29) is 0 Å². The minimum Gasteiger partial charge on any atom is -0.377 e. The van der Waals surface area contributed by atoms with E-state index in [1.165, 1.54) is 50.5 Å². The molecule has 0 unspecified atom stereocenters. The Morgan fingerprint density at radius 3 is 2.38 bits per heavy atom. The molecule has 0 aliphatic carbocycles. The SMILES string of the molecule is CC(C)C/C=C/CCCCCCCOCc1ccccc1. The summed E-state index contributed by atoms with van der Waals surface area (Å²) in [6, 6.07) is 10.4. The fourth-order valence-electron chi connectivity index (χ4n) is 2.25. The third-order valence-corrected chi connectivity index (χ3v) is 3.55. The summed E-state index contributed by atoms with van der Waals surface area (Å²) in [5.41, 5.74) is 1.27. The molecule has 0 radical (unpaired) electrons. The number of benzene rings is 1. The highest BCUT2D eigenvalue weighted by Gasteiger charge is 1.93. The highest BCUT2D eigenvalue weighted by atomic mass is 16.5. The Kier molecular flexibility index (Phi) is 10.8.